The Morgan fingerprint density at radius 3 is 2.79 bits per heavy atom. The molecular formula is C19H19F3N4O2. The average molecular weight is 392 g/mol. The Hall–Kier alpha value is -2.68. The zero-order valence-electron chi connectivity index (χ0n) is 15.4. The fourth-order valence-corrected chi connectivity index (χ4v) is 3.18. The predicted molar refractivity (Wildman–Crippen MR) is 97.5 cm³/mol. The van der Waals surface area contributed by atoms with E-state index in [0.29, 0.717) is 29.5 Å². The summed E-state index contributed by atoms with van der Waals surface area (Å²) in [6.07, 6.45) is -2.50. The summed E-state index contributed by atoms with van der Waals surface area (Å²) in [5, 5.41) is 0. The van der Waals surface area contributed by atoms with Crippen molar-refractivity contribution in [1.82, 2.24) is 9.97 Å². The smallest absolute Gasteiger partial charge is 0.266 e. The first-order chi connectivity index (χ1) is 13.4. The highest BCUT2D eigenvalue weighted by Crippen LogP contribution is 2.37. The van der Waals surface area contributed by atoms with Crippen molar-refractivity contribution in [3.8, 4) is 5.75 Å². The van der Waals surface area contributed by atoms with Gasteiger partial charge < -0.3 is 14.4 Å². The number of hydrogen-bond acceptors (Lipinski definition) is 6. The van der Waals surface area contributed by atoms with Crippen LogP contribution in [0.2, 0.25) is 0 Å². The van der Waals surface area contributed by atoms with E-state index in [1.807, 2.05) is 13.8 Å². The van der Waals surface area contributed by atoms with Crippen molar-refractivity contribution in [2.24, 2.45) is 4.99 Å². The normalized spacial score (nSPS) is 18.8. The summed E-state index contributed by atoms with van der Waals surface area (Å²) in [6, 6.07) is 4.63. The number of anilines is 1. The number of fused-ring (bicyclic) bond motifs is 1. The van der Waals surface area contributed by atoms with Crippen LogP contribution in [0.25, 0.3) is 0 Å². The molecule has 1 fully saturated rings. The molecule has 2 aliphatic rings. The molecule has 0 spiro atoms. The lowest BCUT2D eigenvalue weighted by molar-refractivity contribution is -0.0615. The third-order valence-electron chi connectivity index (χ3n) is 4.49. The minimum absolute atomic E-state index is 0.0504. The van der Waals surface area contributed by atoms with E-state index < -0.39 is 18.3 Å². The molecule has 1 aromatic carbocycles. The fourth-order valence-electron chi connectivity index (χ4n) is 3.18. The first-order valence-electron chi connectivity index (χ1n) is 8.98. The lowest BCUT2D eigenvalue weighted by atomic mass is 9.98. The Balaban J connectivity index is 1.58. The van der Waals surface area contributed by atoms with Crippen LogP contribution < -0.4 is 9.64 Å². The van der Waals surface area contributed by atoms with Crippen molar-refractivity contribution < 1.29 is 22.6 Å². The van der Waals surface area contributed by atoms with Crippen LogP contribution in [0.15, 0.2) is 29.5 Å². The second-order valence-corrected chi connectivity index (χ2v) is 6.88. The molecule has 1 saturated heterocycles. The van der Waals surface area contributed by atoms with E-state index in [9.17, 15) is 13.2 Å². The molecule has 1 unspecified atom stereocenters. The van der Waals surface area contributed by atoms with Crippen LogP contribution in [-0.2, 0) is 4.74 Å². The van der Waals surface area contributed by atoms with E-state index in [-0.39, 0.29) is 25.0 Å². The molecule has 0 amide bonds. The number of aromatic nitrogens is 2. The molecule has 0 N–H and O–H groups in total. The first-order valence-corrected chi connectivity index (χ1v) is 8.98. The lowest BCUT2D eigenvalue weighted by Gasteiger charge is -2.33. The minimum Gasteiger partial charge on any atom is -0.488 e. The van der Waals surface area contributed by atoms with Gasteiger partial charge in [-0.3, -0.25) is 0 Å². The van der Waals surface area contributed by atoms with Crippen molar-refractivity contribution in [2.75, 3.05) is 24.6 Å². The third kappa shape index (κ3) is 3.54. The third-order valence-corrected chi connectivity index (χ3v) is 4.49. The number of nitrogens with zero attached hydrogens (tertiary/aromatic N) is 4. The van der Waals surface area contributed by atoms with Gasteiger partial charge in [-0.1, -0.05) is 0 Å². The summed E-state index contributed by atoms with van der Waals surface area (Å²) in [5.41, 5.74) is 2.38. The van der Waals surface area contributed by atoms with Gasteiger partial charge in [0.15, 0.2) is 11.6 Å². The molecule has 148 valence electrons. The van der Waals surface area contributed by atoms with Gasteiger partial charge in [-0.15, -0.1) is 0 Å². The zero-order valence-corrected chi connectivity index (χ0v) is 15.4. The number of alkyl halides is 2. The van der Waals surface area contributed by atoms with Crippen LogP contribution in [0, 0.1) is 5.82 Å². The number of benzene rings is 1. The highest BCUT2D eigenvalue weighted by molar-refractivity contribution is 6.21. The number of hydrogen-bond donors (Lipinski definition) is 0. The Morgan fingerprint density at radius 1 is 1.21 bits per heavy atom. The van der Waals surface area contributed by atoms with Gasteiger partial charge in [-0.2, -0.15) is 0 Å². The van der Waals surface area contributed by atoms with Gasteiger partial charge in [-0.05, 0) is 19.9 Å². The van der Waals surface area contributed by atoms with Gasteiger partial charge in [0.05, 0.1) is 36.3 Å². The van der Waals surface area contributed by atoms with Crippen LogP contribution >= 0.6 is 0 Å². The predicted octanol–water partition coefficient (Wildman–Crippen LogP) is 3.36. The summed E-state index contributed by atoms with van der Waals surface area (Å²) in [4.78, 5) is 14.5. The molecule has 0 radical (unpaired) electrons. The topological polar surface area (TPSA) is 59.8 Å². The Labute approximate surface area is 160 Å². The van der Waals surface area contributed by atoms with Crippen LogP contribution in [0.1, 0.15) is 25.1 Å². The Bertz CT molecular complexity index is 920. The molecule has 0 aliphatic carbocycles. The van der Waals surface area contributed by atoms with E-state index in [4.69, 9.17) is 9.47 Å². The summed E-state index contributed by atoms with van der Waals surface area (Å²) in [5.74, 6) is 0.212. The summed E-state index contributed by atoms with van der Waals surface area (Å²) in [7, 11) is 0. The van der Waals surface area contributed by atoms with Crippen molar-refractivity contribution in [3.05, 3.63) is 41.6 Å². The molecule has 0 saturated carbocycles. The Kier molecular flexibility index (Phi) is 4.92. The monoisotopic (exact) mass is 392 g/mol. The summed E-state index contributed by atoms with van der Waals surface area (Å²) >= 11 is 0. The van der Waals surface area contributed by atoms with Gasteiger partial charge in [0, 0.05) is 24.2 Å². The summed E-state index contributed by atoms with van der Waals surface area (Å²) < 4.78 is 50.6. The van der Waals surface area contributed by atoms with Crippen molar-refractivity contribution >= 4 is 17.2 Å². The minimum atomic E-state index is -2.55. The molecule has 1 aromatic heterocycles. The maximum Gasteiger partial charge on any atom is 0.266 e. The molecule has 1 atom stereocenters. The second kappa shape index (κ2) is 7.38. The second-order valence-electron chi connectivity index (χ2n) is 6.88. The van der Waals surface area contributed by atoms with Crippen LogP contribution in [0.5, 0.6) is 5.75 Å². The molecular weight excluding hydrogens is 373 g/mol. The lowest BCUT2D eigenvalue weighted by Crippen LogP contribution is -2.46. The highest BCUT2D eigenvalue weighted by atomic mass is 19.3. The van der Waals surface area contributed by atoms with E-state index >= 15 is 0 Å². The molecule has 0 bridgehead atoms. The van der Waals surface area contributed by atoms with Gasteiger partial charge in [0.2, 0.25) is 0 Å². The molecule has 9 heteroatoms. The molecule has 2 aromatic rings. The SMILES string of the molecule is CC(C)Oc1cc2c(cc1F)N=C2c1cc(N2CCOC(C(F)F)C2)ncn1. The van der Waals surface area contributed by atoms with E-state index in [1.54, 1.807) is 17.0 Å². The van der Waals surface area contributed by atoms with Crippen LogP contribution in [-0.4, -0.2) is 54.0 Å². The number of morpholine rings is 1. The number of rotatable bonds is 5. The number of halogens is 3. The highest BCUT2D eigenvalue weighted by Gasteiger charge is 2.30. The molecule has 28 heavy (non-hydrogen) atoms. The largest absolute Gasteiger partial charge is 0.488 e. The van der Waals surface area contributed by atoms with Crippen molar-refractivity contribution in [1.29, 1.82) is 0 Å². The van der Waals surface area contributed by atoms with Gasteiger partial charge in [-0.25, -0.2) is 28.1 Å². The fraction of sp³-hybridized carbons (Fsp3) is 0.421. The number of ether oxygens (including phenoxy) is 2. The van der Waals surface area contributed by atoms with E-state index in [2.05, 4.69) is 15.0 Å². The maximum atomic E-state index is 14.1. The zero-order chi connectivity index (χ0) is 19.8. The quantitative estimate of drug-likeness (QED) is 0.667. The molecule has 4 rings (SSSR count). The van der Waals surface area contributed by atoms with Crippen LogP contribution in [0.3, 0.4) is 0 Å². The Morgan fingerprint density at radius 2 is 2.04 bits per heavy atom. The molecule has 6 nitrogen and oxygen atoms in total. The standard InChI is InChI=1S/C19H19F3N4O2/c1-10(2)28-15-5-11-13(6-12(15)20)25-18(11)14-7-17(24-9-23-14)26-3-4-27-16(8-26)19(21)22/h5-7,9-10,16,19H,3-4,8H2,1-2H3. The van der Waals surface area contributed by atoms with Gasteiger partial charge in [0.25, 0.3) is 6.43 Å². The van der Waals surface area contributed by atoms with Crippen molar-refractivity contribution in [2.45, 2.75) is 32.5 Å². The van der Waals surface area contributed by atoms with Gasteiger partial charge >= 0.3 is 0 Å². The van der Waals surface area contributed by atoms with E-state index in [1.165, 1.54) is 12.4 Å². The number of aliphatic imine (C=N–C) groups is 1. The van der Waals surface area contributed by atoms with Gasteiger partial charge in [0.1, 0.15) is 18.2 Å². The first kappa shape index (κ1) is 18.7. The molecule has 2 aliphatic heterocycles. The maximum absolute atomic E-state index is 14.1. The summed E-state index contributed by atoms with van der Waals surface area (Å²) in [6.45, 7) is 4.35. The van der Waals surface area contributed by atoms with Crippen LogP contribution in [0.4, 0.5) is 24.7 Å². The van der Waals surface area contributed by atoms with Crippen molar-refractivity contribution in [3.63, 3.8) is 0 Å². The van der Waals surface area contributed by atoms with E-state index in [0.717, 1.165) is 5.56 Å². The average Bonchev–Trinajstić information content (AvgIpc) is 2.66. The molecule has 3 heterocycles.